The summed E-state index contributed by atoms with van der Waals surface area (Å²) < 4.78 is 0. The largest absolute Gasteiger partial charge is 0.325 e. The first-order valence-electron chi connectivity index (χ1n) is 11.5. The topological polar surface area (TPSA) is 87.8 Å². The molecule has 0 saturated carbocycles. The van der Waals surface area contributed by atoms with Gasteiger partial charge in [0.2, 0.25) is 5.91 Å². The van der Waals surface area contributed by atoms with E-state index < -0.39 is 10.8 Å². The summed E-state index contributed by atoms with van der Waals surface area (Å²) in [4.78, 5) is 31.2. The zero-order chi connectivity index (χ0) is 23.7. The van der Waals surface area contributed by atoms with E-state index in [1.165, 1.54) is 24.1 Å². The molecule has 2 aliphatic rings. The Bertz CT molecular complexity index is 1250. The fraction of sp³-hybridized carbons (Fsp3) is 0.259. The first-order chi connectivity index (χ1) is 16.5. The number of non-ortho nitro benzene ring substituents is 1. The Kier molecular flexibility index (Phi) is 5.94. The molecule has 2 aliphatic heterocycles. The molecule has 7 nitrogen and oxygen atoms in total. The number of carbonyl (C=O) groups is 1. The third kappa shape index (κ3) is 4.47. The van der Waals surface area contributed by atoms with Crippen LogP contribution in [0.4, 0.5) is 17.1 Å². The van der Waals surface area contributed by atoms with Crippen molar-refractivity contribution in [2.75, 3.05) is 25.5 Å². The average molecular weight is 455 g/mol. The summed E-state index contributed by atoms with van der Waals surface area (Å²) in [5.74, 6) is -0.292. The summed E-state index contributed by atoms with van der Waals surface area (Å²) in [6.45, 7) is 2.27. The predicted octanol–water partition coefficient (Wildman–Crippen LogP) is 4.95. The number of nitro groups is 1. The van der Waals surface area contributed by atoms with Gasteiger partial charge in [0.1, 0.15) is 5.92 Å². The van der Waals surface area contributed by atoms with Crippen LogP contribution in [0.1, 0.15) is 29.0 Å². The number of anilines is 1. The highest BCUT2D eigenvalue weighted by molar-refractivity contribution is 6.24. The molecular weight excluding hydrogens is 428 g/mol. The maximum atomic E-state index is 13.0. The molecule has 34 heavy (non-hydrogen) atoms. The van der Waals surface area contributed by atoms with Crippen LogP contribution in [0.3, 0.4) is 0 Å². The van der Waals surface area contributed by atoms with Crippen molar-refractivity contribution in [3.63, 3.8) is 0 Å². The van der Waals surface area contributed by atoms with Gasteiger partial charge in [-0.25, -0.2) is 0 Å². The Labute approximate surface area is 198 Å². The smallest absolute Gasteiger partial charge is 0.269 e. The first kappa shape index (κ1) is 22.0. The number of carbonyl (C=O) groups excluding carboxylic acids is 1. The summed E-state index contributed by atoms with van der Waals surface area (Å²) >= 11 is 0. The van der Waals surface area contributed by atoms with Gasteiger partial charge in [0.15, 0.2) is 0 Å². The van der Waals surface area contributed by atoms with Crippen LogP contribution in [0.5, 0.6) is 0 Å². The summed E-state index contributed by atoms with van der Waals surface area (Å²) in [6.07, 6.45) is 2.26. The maximum absolute atomic E-state index is 13.0. The number of hydrogen-bond donors (Lipinski definition) is 1. The fourth-order valence-corrected chi connectivity index (χ4v) is 4.91. The number of fused-ring (bicyclic) bond motifs is 1. The Morgan fingerprint density at radius 3 is 2.56 bits per heavy atom. The molecule has 2 heterocycles. The van der Waals surface area contributed by atoms with E-state index >= 15 is 0 Å². The van der Waals surface area contributed by atoms with Crippen LogP contribution in [0.25, 0.3) is 0 Å². The lowest BCUT2D eigenvalue weighted by atomic mass is 9.90. The SMILES string of the molecule is CN1CCC(Cc2ccc(N=C(c3ccccc3)C3C(=O)Nc4ccc([N+](=O)[O-])cc43)cc2)C1. The highest BCUT2D eigenvalue weighted by Crippen LogP contribution is 2.38. The van der Waals surface area contributed by atoms with Crippen LogP contribution in [0.15, 0.2) is 77.8 Å². The molecule has 7 heteroatoms. The van der Waals surface area contributed by atoms with Gasteiger partial charge in [-0.2, -0.15) is 0 Å². The van der Waals surface area contributed by atoms with Gasteiger partial charge in [-0.3, -0.25) is 19.9 Å². The number of nitrogens with zero attached hydrogens (tertiary/aromatic N) is 3. The lowest BCUT2D eigenvalue weighted by Crippen LogP contribution is -2.22. The summed E-state index contributed by atoms with van der Waals surface area (Å²) in [5, 5.41) is 14.2. The standard InChI is InChI=1S/C27H26N4O3/c1-30-14-13-19(17-30)15-18-7-9-21(10-8-18)28-26(20-5-3-2-4-6-20)25-23-16-22(31(33)34)11-12-24(23)29-27(25)32/h2-12,16,19,25H,13-15,17H2,1H3,(H,29,32). The Morgan fingerprint density at radius 2 is 1.88 bits per heavy atom. The lowest BCUT2D eigenvalue weighted by molar-refractivity contribution is -0.384. The van der Waals surface area contributed by atoms with Crippen molar-refractivity contribution < 1.29 is 9.72 Å². The van der Waals surface area contributed by atoms with Crippen molar-refractivity contribution in [1.82, 2.24) is 4.90 Å². The number of nitrogens with one attached hydrogen (secondary N) is 1. The van der Waals surface area contributed by atoms with Gasteiger partial charge < -0.3 is 10.2 Å². The van der Waals surface area contributed by atoms with Crippen molar-refractivity contribution in [3.05, 3.63) is 99.6 Å². The third-order valence-electron chi connectivity index (χ3n) is 6.62. The molecule has 0 bridgehead atoms. The minimum Gasteiger partial charge on any atom is -0.325 e. The second-order valence-electron chi connectivity index (χ2n) is 9.10. The van der Waals surface area contributed by atoms with Crippen molar-refractivity contribution in [2.45, 2.75) is 18.8 Å². The highest BCUT2D eigenvalue weighted by Gasteiger charge is 2.36. The number of nitro benzene ring substituents is 1. The third-order valence-corrected chi connectivity index (χ3v) is 6.62. The van der Waals surface area contributed by atoms with E-state index in [0.29, 0.717) is 22.9 Å². The Morgan fingerprint density at radius 1 is 1.12 bits per heavy atom. The molecule has 0 radical (unpaired) electrons. The van der Waals surface area contributed by atoms with Gasteiger partial charge in [0, 0.05) is 29.9 Å². The van der Waals surface area contributed by atoms with Gasteiger partial charge in [-0.05, 0) is 61.7 Å². The van der Waals surface area contributed by atoms with E-state index in [9.17, 15) is 14.9 Å². The molecule has 1 N–H and O–H groups in total. The molecule has 3 aromatic rings. The van der Waals surface area contributed by atoms with Crippen LogP contribution >= 0.6 is 0 Å². The summed E-state index contributed by atoms with van der Waals surface area (Å²) in [6, 6.07) is 22.2. The number of benzene rings is 3. The quantitative estimate of drug-likeness (QED) is 0.324. The first-order valence-corrected chi connectivity index (χ1v) is 11.5. The van der Waals surface area contributed by atoms with Gasteiger partial charge in [0.25, 0.3) is 5.69 Å². The number of amides is 1. The molecule has 0 aromatic heterocycles. The van der Waals surface area contributed by atoms with Crippen molar-refractivity contribution in [3.8, 4) is 0 Å². The van der Waals surface area contributed by atoms with Gasteiger partial charge in [-0.15, -0.1) is 0 Å². The van der Waals surface area contributed by atoms with Gasteiger partial charge in [-0.1, -0.05) is 42.5 Å². The van der Waals surface area contributed by atoms with E-state index in [4.69, 9.17) is 4.99 Å². The predicted molar refractivity (Wildman–Crippen MR) is 133 cm³/mol. The number of rotatable bonds is 6. The Hall–Kier alpha value is -3.84. The fourth-order valence-electron chi connectivity index (χ4n) is 4.91. The van der Waals surface area contributed by atoms with E-state index in [1.54, 1.807) is 6.07 Å². The summed E-state index contributed by atoms with van der Waals surface area (Å²) in [7, 11) is 2.16. The molecule has 1 saturated heterocycles. The van der Waals surface area contributed by atoms with Crippen LogP contribution < -0.4 is 5.32 Å². The zero-order valence-corrected chi connectivity index (χ0v) is 19.0. The number of likely N-dealkylation sites (tertiary alicyclic amines) is 1. The zero-order valence-electron chi connectivity index (χ0n) is 19.0. The van der Waals surface area contributed by atoms with Crippen LogP contribution in [-0.4, -0.2) is 41.6 Å². The summed E-state index contributed by atoms with van der Waals surface area (Å²) in [5.41, 5.74) is 4.51. The number of aliphatic imine (C=N–C) groups is 1. The lowest BCUT2D eigenvalue weighted by Gasteiger charge is -2.14. The maximum Gasteiger partial charge on any atom is 0.269 e. The van der Waals surface area contributed by atoms with Crippen LogP contribution in [0, 0.1) is 16.0 Å². The highest BCUT2D eigenvalue weighted by atomic mass is 16.6. The molecule has 0 aliphatic carbocycles. The van der Waals surface area contributed by atoms with Crippen molar-refractivity contribution in [2.24, 2.45) is 10.9 Å². The monoisotopic (exact) mass is 454 g/mol. The molecular formula is C27H26N4O3. The van der Waals surface area contributed by atoms with Gasteiger partial charge >= 0.3 is 0 Å². The molecule has 2 atom stereocenters. The van der Waals surface area contributed by atoms with E-state index in [2.05, 4.69) is 29.4 Å². The van der Waals surface area contributed by atoms with E-state index in [0.717, 1.165) is 30.8 Å². The molecule has 2 unspecified atom stereocenters. The van der Waals surface area contributed by atoms with Crippen molar-refractivity contribution >= 4 is 28.7 Å². The minimum absolute atomic E-state index is 0.0467. The molecule has 3 aromatic carbocycles. The van der Waals surface area contributed by atoms with Crippen LogP contribution in [-0.2, 0) is 11.2 Å². The van der Waals surface area contributed by atoms with Crippen LogP contribution in [0.2, 0.25) is 0 Å². The molecule has 5 rings (SSSR count). The second-order valence-corrected chi connectivity index (χ2v) is 9.10. The molecule has 172 valence electrons. The second kappa shape index (κ2) is 9.19. The Balaban J connectivity index is 1.50. The van der Waals surface area contributed by atoms with E-state index in [-0.39, 0.29) is 11.6 Å². The number of hydrogen-bond acceptors (Lipinski definition) is 5. The van der Waals surface area contributed by atoms with E-state index in [1.807, 2.05) is 42.5 Å². The average Bonchev–Trinajstić information content (AvgIpc) is 3.40. The molecule has 1 fully saturated rings. The molecule has 1 amide bonds. The van der Waals surface area contributed by atoms with Crippen molar-refractivity contribution in [1.29, 1.82) is 0 Å². The normalized spacial score (nSPS) is 20.3. The molecule has 0 spiro atoms. The minimum atomic E-state index is -0.731. The van der Waals surface area contributed by atoms with Gasteiger partial charge in [0.05, 0.1) is 16.3 Å².